The summed E-state index contributed by atoms with van der Waals surface area (Å²) in [6.07, 6.45) is 1.85. The number of nitrogens with two attached hydrogens (primary N) is 1. The lowest BCUT2D eigenvalue weighted by Crippen LogP contribution is -1.96. The van der Waals surface area contributed by atoms with Crippen molar-refractivity contribution in [3.8, 4) is 16.9 Å². The third kappa shape index (κ3) is 2.38. The van der Waals surface area contributed by atoms with Gasteiger partial charge in [-0.2, -0.15) is 0 Å². The number of rotatable bonds is 2. The van der Waals surface area contributed by atoms with E-state index in [4.69, 9.17) is 17.3 Å². The lowest BCUT2D eigenvalue weighted by molar-refractivity contribution is 0.804. The van der Waals surface area contributed by atoms with Crippen molar-refractivity contribution in [1.29, 1.82) is 0 Å². The van der Waals surface area contributed by atoms with Crippen LogP contribution in [0, 0.1) is 6.92 Å². The van der Waals surface area contributed by atoms with E-state index in [1.165, 1.54) is 5.56 Å². The fourth-order valence-corrected chi connectivity index (χ4v) is 2.22. The molecular formula is C15H13ClN4. The third-order valence-electron chi connectivity index (χ3n) is 3.06. The van der Waals surface area contributed by atoms with Crippen molar-refractivity contribution in [3.63, 3.8) is 0 Å². The van der Waals surface area contributed by atoms with Crippen molar-refractivity contribution >= 4 is 17.3 Å². The monoisotopic (exact) mass is 284 g/mol. The van der Waals surface area contributed by atoms with Gasteiger partial charge in [0.1, 0.15) is 5.69 Å². The van der Waals surface area contributed by atoms with E-state index < -0.39 is 0 Å². The SMILES string of the molecule is Cc1ccc(-c2cn(-c3ccc(N)cc3Cl)nn2)cc1. The molecule has 0 aliphatic carbocycles. The lowest BCUT2D eigenvalue weighted by atomic mass is 10.1. The highest BCUT2D eigenvalue weighted by Gasteiger charge is 2.08. The first-order valence-corrected chi connectivity index (χ1v) is 6.56. The van der Waals surface area contributed by atoms with Crippen LogP contribution in [0.5, 0.6) is 0 Å². The van der Waals surface area contributed by atoms with E-state index in [1.807, 2.05) is 36.5 Å². The summed E-state index contributed by atoms with van der Waals surface area (Å²) in [6, 6.07) is 13.4. The number of aromatic nitrogens is 3. The van der Waals surface area contributed by atoms with Crippen molar-refractivity contribution in [3.05, 3.63) is 59.2 Å². The predicted octanol–water partition coefficient (Wildman–Crippen LogP) is 3.48. The summed E-state index contributed by atoms with van der Waals surface area (Å²) >= 11 is 6.17. The van der Waals surface area contributed by atoms with Gasteiger partial charge in [-0.1, -0.05) is 46.6 Å². The normalized spacial score (nSPS) is 10.7. The molecular weight excluding hydrogens is 272 g/mol. The molecule has 0 amide bonds. The number of benzene rings is 2. The van der Waals surface area contributed by atoms with Crippen molar-refractivity contribution in [2.75, 3.05) is 5.73 Å². The van der Waals surface area contributed by atoms with E-state index in [9.17, 15) is 0 Å². The van der Waals surface area contributed by atoms with E-state index in [-0.39, 0.29) is 0 Å². The van der Waals surface area contributed by atoms with Crippen LogP contribution in [0.3, 0.4) is 0 Å². The molecule has 0 aliphatic heterocycles. The van der Waals surface area contributed by atoms with Gasteiger partial charge in [0.25, 0.3) is 0 Å². The van der Waals surface area contributed by atoms with Crippen LogP contribution < -0.4 is 5.73 Å². The van der Waals surface area contributed by atoms with Crippen LogP contribution in [-0.4, -0.2) is 15.0 Å². The molecule has 0 bridgehead atoms. The summed E-state index contributed by atoms with van der Waals surface area (Å²) in [5, 5.41) is 8.84. The molecule has 0 spiro atoms. The summed E-state index contributed by atoms with van der Waals surface area (Å²) in [6.45, 7) is 2.05. The minimum atomic E-state index is 0.547. The Labute approximate surface area is 121 Å². The van der Waals surface area contributed by atoms with Crippen molar-refractivity contribution < 1.29 is 0 Å². The van der Waals surface area contributed by atoms with Crippen LogP contribution in [0.25, 0.3) is 16.9 Å². The Morgan fingerprint density at radius 2 is 1.85 bits per heavy atom. The number of hydrogen-bond acceptors (Lipinski definition) is 3. The zero-order chi connectivity index (χ0) is 14.1. The van der Waals surface area contributed by atoms with Crippen LogP contribution in [0.15, 0.2) is 48.7 Å². The number of aryl methyl sites for hydroxylation is 1. The Morgan fingerprint density at radius 3 is 2.55 bits per heavy atom. The van der Waals surface area contributed by atoms with Crippen LogP contribution in [0.4, 0.5) is 5.69 Å². The molecule has 2 N–H and O–H groups in total. The summed E-state index contributed by atoms with van der Waals surface area (Å²) in [4.78, 5) is 0. The fraction of sp³-hybridized carbons (Fsp3) is 0.0667. The molecule has 20 heavy (non-hydrogen) atoms. The highest BCUT2D eigenvalue weighted by Crippen LogP contribution is 2.24. The largest absolute Gasteiger partial charge is 0.399 e. The maximum atomic E-state index is 6.17. The van der Waals surface area contributed by atoms with E-state index >= 15 is 0 Å². The highest BCUT2D eigenvalue weighted by atomic mass is 35.5. The van der Waals surface area contributed by atoms with Gasteiger partial charge in [-0.25, -0.2) is 4.68 Å². The quantitative estimate of drug-likeness (QED) is 0.733. The number of hydrogen-bond donors (Lipinski definition) is 1. The first kappa shape index (κ1) is 12.7. The van der Waals surface area contributed by atoms with Gasteiger partial charge in [0.05, 0.1) is 16.9 Å². The van der Waals surface area contributed by atoms with Crippen LogP contribution in [0.2, 0.25) is 5.02 Å². The van der Waals surface area contributed by atoms with Gasteiger partial charge in [-0.15, -0.1) is 5.10 Å². The molecule has 0 saturated heterocycles. The highest BCUT2D eigenvalue weighted by molar-refractivity contribution is 6.32. The predicted molar refractivity (Wildman–Crippen MR) is 81.0 cm³/mol. The number of nitrogens with zero attached hydrogens (tertiary/aromatic N) is 3. The van der Waals surface area contributed by atoms with Crippen molar-refractivity contribution in [1.82, 2.24) is 15.0 Å². The van der Waals surface area contributed by atoms with Crippen molar-refractivity contribution in [2.45, 2.75) is 6.92 Å². The van der Waals surface area contributed by atoms with Gasteiger partial charge in [-0.3, -0.25) is 0 Å². The Hall–Kier alpha value is -2.33. The molecule has 100 valence electrons. The van der Waals surface area contributed by atoms with Gasteiger partial charge in [0.15, 0.2) is 0 Å². The molecule has 1 heterocycles. The Morgan fingerprint density at radius 1 is 1.10 bits per heavy atom. The maximum Gasteiger partial charge on any atom is 0.113 e. The van der Waals surface area contributed by atoms with E-state index in [1.54, 1.807) is 16.8 Å². The van der Waals surface area contributed by atoms with Crippen LogP contribution >= 0.6 is 11.6 Å². The molecule has 3 aromatic rings. The summed E-state index contributed by atoms with van der Waals surface area (Å²) in [5.41, 5.74) is 10.1. The summed E-state index contributed by atoms with van der Waals surface area (Å²) in [7, 11) is 0. The number of nitrogen functional groups attached to an aromatic ring is 1. The molecule has 1 aromatic heterocycles. The summed E-state index contributed by atoms with van der Waals surface area (Å²) in [5.74, 6) is 0. The minimum absolute atomic E-state index is 0.547. The number of halogens is 1. The Balaban J connectivity index is 1.99. The zero-order valence-corrected chi connectivity index (χ0v) is 11.7. The molecule has 0 fully saturated rings. The van der Waals surface area contributed by atoms with Gasteiger partial charge in [0.2, 0.25) is 0 Å². The smallest absolute Gasteiger partial charge is 0.113 e. The van der Waals surface area contributed by atoms with Crippen LogP contribution in [0.1, 0.15) is 5.56 Å². The second-order valence-corrected chi connectivity index (χ2v) is 5.03. The number of anilines is 1. The second-order valence-electron chi connectivity index (χ2n) is 4.63. The first-order valence-electron chi connectivity index (χ1n) is 6.18. The first-order chi connectivity index (χ1) is 9.63. The minimum Gasteiger partial charge on any atom is -0.399 e. The Bertz CT molecular complexity index is 747. The van der Waals surface area contributed by atoms with Gasteiger partial charge in [-0.05, 0) is 25.1 Å². The molecule has 3 rings (SSSR count). The third-order valence-corrected chi connectivity index (χ3v) is 3.36. The molecule has 2 aromatic carbocycles. The summed E-state index contributed by atoms with van der Waals surface area (Å²) < 4.78 is 1.65. The van der Waals surface area contributed by atoms with Gasteiger partial charge in [0, 0.05) is 11.3 Å². The molecule has 0 unspecified atom stereocenters. The second kappa shape index (κ2) is 4.98. The average molecular weight is 285 g/mol. The molecule has 5 heteroatoms. The average Bonchev–Trinajstić information content (AvgIpc) is 2.89. The molecule has 0 saturated carbocycles. The van der Waals surface area contributed by atoms with Crippen LogP contribution in [-0.2, 0) is 0 Å². The zero-order valence-electron chi connectivity index (χ0n) is 10.9. The lowest BCUT2D eigenvalue weighted by Gasteiger charge is -2.03. The molecule has 4 nitrogen and oxygen atoms in total. The topological polar surface area (TPSA) is 56.7 Å². The van der Waals surface area contributed by atoms with E-state index in [2.05, 4.69) is 17.2 Å². The fourth-order valence-electron chi connectivity index (χ4n) is 1.95. The van der Waals surface area contributed by atoms with Crippen molar-refractivity contribution in [2.24, 2.45) is 0 Å². The molecule has 0 atom stereocenters. The van der Waals surface area contributed by atoms with E-state index in [0.717, 1.165) is 16.9 Å². The molecule has 0 radical (unpaired) electrons. The standard InChI is InChI=1S/C15H13ClN4/c1-10-2-4-11(5-3-10)14-9-20(19-18-14)15-7-6-12(17)8-13(15)16/h2-9H,17H2,1H3. The maximum absolute atomic E-state index is 6.17. The van der Waals surface area contributed by atoms with E-state index in [0.29, 0.717) is 10.7 Å². The van der Waals surface area contributed by atoms with Gasteiger partial charge < -0.3 is 5.73 Å². The Kier molecular flexibility index (Phi) is 3.16. The molecule has 0 aliphatic rings. The van der Waals surface area contributed by atoms with Gasteiger partial charge >= 0.3 is 0 Å².